The Morgan fingerprint density at radius 3 is 2.52 bits per heavy atom. The van der Waals surface area contributed by atoms with Crippen LogP contribution in [0.5, 0.6) is 5.75 Å². The lowest BCUT2D eigenvalue weighted by Crippen LogP contribution is -2.07. The number of aliphatic hydroxyl groups is 1. The fraction of sp³-hybridized carbons (Fsp3) is 0.200. The van der Waals surface area contributed by atoms with Crippen molar-refractivity contribution in [3.63, 3.8) is 0 Å². The summed E-state index contributed by atoms with van der Waals surface area (Å²) in [5.41, 5.74) is 0.683. The number of hydrogen-bond acceptors (Lipinski definition) is 2. The summed E-state index contributed by atoms with van der Waals surface area (Å²) in [6.45, 7) is 0.459. The van der Waals surface area contributed by atoms with Crippen molar-refractivity contribution in [2.75, 3.05) is 6.61 Å². The van der Waals surface area contributed by atoms with E-state index in [-0.39, 0.29) is 10.0 Å². The van der Waals surface area contributed by atoms with Crippen LogP contribution < -0.4 is 4.74 Å². The Morgan fingerprint density at radius 1 is 1.19 bits per heavy atom. The second-order valence-corrected chi connectivity index (χ2v) is 6.12. The van der Waals surface area contributed by atoms with Gasteiger partial charge in [0.1, 0.15) is 23.5 Å². The molecular weight excluding hydrogens is 366 g/mol. The summed E-state index contributed by atoms with van der Waals surface area (Å²) in [4.78, 5) is 0. The van der Waals surface area contributed by atoms with Gasteiger partial charge in [0.2, 0.25) is 0 Å². The molecule has 2 nitrogen and oxygen atoms in total. The van der Waals surface area contributed by atoms with Gasteiger partial charge in [-0.2, -0.15) is 0 Å². The Kier molecular flexibility index (Phi) is 3.90. The van der Waals surface area contributed by atoms with E-state index in [9.17, 15) is 13.9 Å². The van der Waals surface area contributed by atoms with Gasteiger partial charge in [-0.25, -0.2) is 8.78 Å². The maximum Gasteiger partial charge on any atom is 0.133 e. The molecule has 3 rings (SSSR count). The number of halogens is 4. The largest absolute Gasteiger partial charge is 0.493 e. The normalized spacial score (nSPS) is 14.7. The van der Waals surface area contributed by atoms with Gasteiger partial charge in [0.15, 0.2) is 0 Å². The second-order valence-electron chi connectivity index (χ2n) is 4.77. The minimum absolute atomic E-state index is 0.265. The molecule has 1 aliphatic rings. The molecule has 0 spiro atoms. The molecule has 1 unspecified atom stereocenters. The van der Waals surface area contributed by atoms with E-state index in [0.29, 0.717) is 23.8 Å². The van der Waals surface area contributed by atoms with Crippen LogP contribution in [0.4, 0.5) is 8.78 Å². The van der Waals surface area contributed by atoms with Gasteiger partial charge >= 0.3 is 0 Å². The van der Waals surface area contributed by atoms with E-state index in [2.05, 4.69) is 15.9 Å². The van der Waals surface area contributed by atoms with Crippen LogP contribution in [0, 0.1) is 11.6 Å². The molecule has 110 valence electrons. The fourth-order valence-electron chi connectivity index (χ4n) is 2.47. The summed E-state index contributed by atoms with van der Waals surface area (Å²) in [5.74, 6) is -1.21. The van der Waals surface area contributed by atoms with E-state index in [1.54, 1.807) is 6.07 Å². The summed E-state index contributed by atoms with van der Waals surface area (Å²) >= 11 is 9.01. The van der Waals surface area contributed by atoms with Crippen molar-refractivity contribution < 1.29 is 18.6 Å². The molecule has 1 aliphatic heterocycles. The summed E-state index contributed by atoms with van der Waals surface area (Å²) in [5, 5.41) is 10.8. The van der Waals surface area contributed by atoms with Crippen LogP contribution in [0.3, 0.4) is 0 Å². The average molecular weight is 376 g/mol. The van der Waals surface area contributed by atoms with E-state index in [4.69, 9.17) is 16.3 Å². The standard InChI is InChI=1S/C15H10BrClF2O2/c16-8-4-11(18)13(12(19)5-8)14(20)10-6-9(17)3-7-1-2-21-15(7)10/h3-6,14,20H,1-2H2. The number of ether oxygens (including phenoxy) is 1. The summed E-state index contributed by atoms with van der Waals surface area (Å²) in [6.07, 6.45) is -0.829. The van der Waals surface area contributed by atoms with Crippen molar-refractivity contribution in [3.8, 4) is 5.75 Å². The van der Waals surface area contributed by atoms with Gasteiger partial charge in [-0.05, 0) is 29.8 Å². The zero-order valence-corrected chi connectivity index (χ0v) is 13.0. The zero-order chi connectivity index (χ0) is 15.1. The highest BCUT2D eigenvalue weighted by molar-refractivity contribution is 9.10. The molecule has 21 heavy (non-hydrogen) atoms. The van der Waals surface area contributed by atoms with Gasteiger partial charge in [0.25, 0.3) is 0 Å². The first-order valence-corrected chi connectivity index (χ1v) is 7.42. The minimum Gasteiger partial charge on any atom is -0.493 e. The lowest BCUT2D eigenvalue weighted by Gasteiger charge is -2.17. The summed E-state index contributed by atoms with van der Waals surface area (Å²) < 4.78 is 33.7. The van der Waals surface area contributed by atoms with Gasteiger partial charge in [-0.3, -0.25) is 0 Å². The molecule has 0 aromatic heterocycles. The summed E-state index contributed by atoms with van der Waals surface area (Å²) in [6, 6.07) is 5.41. The minimum atomic E-state index is -1.48. The smallest absolute Gasteiger partial charge is 0.133 e. The molecule has 2 aromatic rings. The molecule has 0 saturated heterocycles. The lowest BCUT2D eigenvalue weighted by atomic mass is 9.97. The lowest BCUT2D eigenvalue weighted by molar-refractivity contribution is 0.203. The Hall–Kier alpha value is -1.17. The van der Waals surface area contributed by atoms with Crippen LogP contribution >= 0.6 is 27.5 Å². The molecule has 2 aromatic carbocycles. The van der Waals surface area contributed by atoms with Crippen LogP contribution in [-0.2, 0) is 6.42 Å². The Bertz CT molecular complexity index is 698. The van der Waals surface area contributed by atoms with Crippen LogP contribution in [0.1, 0.15) is 22.8 Å². The average Bonchev–Trinajstić information content (AvgIpc) is 2.84. The second kappa shape index (κ2) is 5.55. The highest BCUT2D eigenvalue weighted by atomic mass is 79.9. The molecule has 0 saturated carbocycles. The van der Waals surface area contributed by atoms with Crippen LogP contribution in [0.15, 0.2) is 28.7 Å². The third-order valence-corrected chi connectivity index (χ3v) is 4.07. The third-order valence-electron chi connectivity index (χ3n) is 3.39. The van der Waals surface area contributed by atoms with E-state index in [1.807, 2.05) is 0 Å². The Balaban J connectivity index is 2.14. The van der Waals surface area contributed by atoms with Gasteiger partial charge in [0.05, 0.1) is 12.2 Å². The van der Waals surface area contributed by atoms with E-state index >= 15 is 0 Å². The number of rotatable bonds is 2. The number of fused-ring (bicyclic) bond motifs is 1. The molecule has 0 fully saturated rings. The van der Waals surface area contributed by atoms with Crippen LogP contribution in [0.25, 0.3) is 0 Å². The first-order chi connectivity index (χ1) is 9.97. The predicted octanol–water partition coefficient (Wildman–Crippen LogP) is 4.40. The first kappa shape index (κ1) is 14.8. The van der Waals surface area contributed by atoms with Gasteiger partial charge < -0.3 is 9.84 Å². The molecule has 0 radical (unpaired) electrons. The van der Waals surface area contributed by atoms with Crippen molar-refractivity contribution in [1.29, 1.82) is 0 Å². The van der Waals surface area contributed by atoms with Crippen molar-refractivity contribution in [2.24, 2.45) is 0 Å². The Morgan fingerprint density at radius 2 is 1.86 bits per heavy atom. The first-order valence-electron chi connectivity index (χ1n) is 6.25. The van der Waals surface area contributed by atoms with E-state index < -0.39 is 23.3 Å². The number of aliphatic hydroxyl groups excluding tert-OH is 1. The Labute approximate surface area is 133 Å². The molecule has 1 atom stereocenters. The highest BCUT2D eigenvalue weighted by Crippen LogP contribution is 2.40. The van der Waals surface area contributed by atoms with Gasteiger partial charge in [-0.1, -0.05) is 27.5 Å². The summed E-state index contributed by atoms with van der Waals surface area (Å²) in [7, 11) is 0. The molecular formula is C15H10BrClF2O2. The number of benzene rings is 2. The quantitative estimate of drug-likeness (QED) is 0.843. The molecule has 0 aliphatic carbocycles. The molecule has 1 heterocycles. The van der Waals surface area contributed by atoms with Crippen LogP contribution in [-0.4, -0.2) is 11.7 Å². The van der Waals surface area contributed by atoms with E-state index in [0.717, 1.165) is 17.7 Å². The molecule has 6 heteroatoms. The van der Waals surface area contributed by atoms with Gasteiger partial charge in [-0.15, -0.1) is 0 Å². The molecule has 0 bridgehead atoms. The zero-order valence-electron chi connectivity index (χ0n) is 10.7. The fourth-order valence-corrected chi connectivity index (χ4v) is 3.12. The monoisotopic (exact) mass is 374 g/mol. The van der Waals surface area contributed by atoms with Crippen molar-refractivity contribution in [2.45, 2.75) is 12.5 Å². The topological polar surface area (TPSA) is 29.5 Å². The third kappa shape index (κ3) is 2.65. The molecule has 1 N–H and O–H groups in total. The number of hydrogen-bond donors (Lipinski definition) is 1. The van der Waals surface area contributed by atoms with Crippen LogP contribution in [0.2, 0.25) is 5.02 Å². The maximum atomic E-state index is 14.0. The van der Waals surface area contributed by atoms with Crippen molar-refractivity contribution >= 4 is 27.5 Å². The maximum absolute atomic E-state index is 14.0. The van der Waals surface area contributed by atoms with Gasteiger partial charge in [0, 0.05) is 21.5 Å². The predicted molar refractivity (Wildman–Crippen MR) is 78.8 cm³/mol. The highest BCUT2D eigenvalue weighted by Gasteiger charge is 2.27. The molecule has 0 amide bonds. The van der Waals surface area contributed by atoms with E-state index in [1.165, 1.54) is 6.07 Å². The van der Waals surface area contributed by atoms with Crippen molar-refractivity contribution in [1.82, 2.24) is 0 Å². The van der Waals surface area contributed by atoms with Crippen molar-refractivity contribution in [3.05, 3.63) is 62.1 Å². The SMILES string of the molecule is OC(c1cc(Cl)cc2c1OCC2)c1c(F)cc(Br)cc1F.